The van der Waals surface area contributed by atoms with E-state index in [-0.39, 0.29) is 24.5 Å². The average Bonchev–Trinajstić information content (AvgIpc) is 3.26. The molecule has 25 heavy (non-hydrogen) atoms. The highest BCUT2D eigenvalue weighted by Gasteiger charge is 2.17. The minimum Gasteiger partial charge on any atom is -0.467 e. The maximum Gasteiger partial charge on any atom is 0.272 e. The van der Waals surface area contributed by atoms with E-state index in [0.29, 0.717) is 16.7 Å². The van der Waals surface area contributed by atoms with E-state index in [1.165, 1.54) is 24.5 Å². The lowest BCUT2D eigenvalue weighted by Gasteiger charge is -2.04. The molecule has 2 aromatic heterocycles. The lowest BCUT2D eigenvalue weighted by Crippen LogP contribution is -2.36. The van der Waals surface area contributed by atoms with Gasteiger partial charge in [-0.15, -0.1) is 0 Å². The Morgan fingerprint density at radius 2 is 2.12 bits per heavy atom. The molecule has 10 nitrogen and oxygen atoms in total. The van der Waals surface area contributed by atoms with Crippen LogP contribution in [0, 0.1) is 10.1 Å². The van der Waals surface area contributed by atoms with Gasteiger partial charge in [0.15, 0.2) is 5.69 Å². The summed E-state index contributed by atoms with van der Waals surface area (Å²) in [5.74, 6) is -0.430. The number of carbonyl (C=O) groups excluding carboxylic acids is 2. The van der Waals surface area contributed by atoms with Crippen molar-refractivity contribution in [1.29, 1.82) is 0 Å². The normalized spacial score (nSPS) is 10.6. The maximum absolute atomic E-state index is 12.2. The molecule has 0 fully saturated rings. The highest BCUT2D eigenvalue weighted by Crippen LogP contribution is 2.21. The van der Waals surface area contributed by atoms with Crippen LogP contribution in [0.4, 0.5) is 5.69 Å². The molecule has 2 amide bonds. The van der Waals surface area contributed by atoms with Gasteiger partial charge in [0.1, 0.15) is 5.76 Å². The number of carbonyl (C=O) groups is 2. The molecule has 1 aromatic carbocycles. The van der Waals surface area contributed by atoms with Crippen LogP contribution in [0.25, 0.3) is 10.9 Å². The molecule has 3 rings (SSSR count). The summed E-state index contributed by atoms with van der Waals surface area (Å²) in [4.78, 5) is 34.2. The topological polar surface area (TPSA) is 143 Å². The number of rotatable bonds is 6. The predicted molar refractivity (Wildman–Crippen MR) is 85.6 cm³/mol. The standard InChI is InChI=1S/C15H13N5O5/c21-13(16-7-10-2-1-5-25-10)8-17-15(22)14-11-6-9(20(23)24)3-4-12(11)18-19-14/h1-6H,7-8H2,(H,16,21)(H,17,22)(H,18,19). The molecule has 3 N–H and O–H groups in total. The molecule has 0 saturated heterocycles. The molecule has 128 valence electrons. The van der Waals surface area contributed by atoms with Gasteiger partial charge in [0.05, 0.1) is 29.8 Å². The van der Waals surface area contributed by atoms with Crippen LogP contribution in [0.1, 0.15) is 16.2 Å². The van der Waals surface area contributed by atoms with E-state index in [2.05, 4.69) is 20.8 Å². The van der Waals surface area contributed by atoms with Crippen LogP contribution >= 0.6 is 0 Å². The lowest BCUT2D eigenvalue weighted by atomic mass is 10.2. The number of benzene rings is 1. The SMILES string of the molecule is O=C(CNC(=O)c1n[nH]c2ccc([N+](=O)[O-])cc12)NCc1ccco1. The van der Waals surface area contributed by atoms with Crippen LogP contribution < -0.4 is 10.6 Å². The first-order valence-corrected chi connectivity index (χ1v) is 7.24. The van der Waals surface area contributed by atoms with Crippen LogP contribution in [-0.2, 0) is 11.3 Å². The van der Waals surface area contributed by atoms with Gasteiger partial charge in [0.2, 0.25) is 5.91 Å². The van der Waals surface area contributed by atoms with Gasteiger partial charge >= 0.3 is 0 Å². The van der Waals surface area contributed by atoms with E-state index < -0.39 is 16.7 Å². The summed E-state index contributed by atoms with van der Waals surface area (Å²) in [7, 11) is 0. The number of fused-ring (bicyclic) bond motifs is 1. The number of non-ortho nitro benzene ring substituents is 1. The van der Waals surface area contributed by atoms with Crippen molar-refractivity contribution in [3.8, 4) is 0 Å². The second-order valence-electron chi connectivity index (χ2n) is 5.10. The van der Waals surface area contributed by atoms with Crippen LogP contribution in [0.3, 0.4) is 0 Å². The van der Waals surface area contributed by atoms with Crippen molar-refractivity contribution in [3.05, 3.63) is 58.2 Å². The molecule has 0 unspecified atom stereocenters. The van der Waals surface area contributed by atoms with Gasteiger partial charge in [0.25, 0.3) is 11.6 Å². The summed E-state index contributed by atoms with van der Waals surface area (Å²) in [5.41, 5.74) is 0.315. The predicted octanol–water partition coefficient (Wildman–Crippen LogP) is 1.11. The van der Waals surface area contributed by atoms with Crippen molar-refractivity contribution < 1.29 is 18.9 Å². The zero-order valence-corrected chi connectivity index (χ0v) is 12.8. The fraction of sp³-hybridized carbons (Fsp3) is 0.133. The van der Waals surface area contributed by atoms with Crippen LogP contribution in [0.5, 0.6) is 0 Å². The van der Waals surface area contributed by atoms with Crippen molar-refractivity contribution >= 4 is 28.4 Å². The zero-order chi connectivity index (χ0) is 17.8. The van der Waals surface area contributed by atoms with Crippen molar-refractivity contribution in [2.24, 2.45) is 0 Å². The molecule has 0 radical (unpaired) electrons. The molecule has 10 heteroatoms. The number of amides is 2. The molecule has 0 bridgehead atoms. The van der Waals surface area contributed by atoms with E-state index in [9.17, 15) is 19.7 Å². The fourth-order valence-electron chi connectivity index (χ4n) is 2.19. The number of nitro groups is 1. The Balaban J connectivity index is 1.63. The number of aromatic amines is 1. The summed E-state index contributed by atoms with van der Waals surface area (Å²) in [5, 5.41) is 22.6. The van der Waals surface area contributed by atoms with Gasteiger partial charge < -0.3 is 15.1 Å². The Labute approximate surface area is 140 Å². The Morgan fingerprint density at radius 3 is 2.84 bits per heavy atom. The van der Waals surface area contributed by atoms with Crippen molar-refractivity contribution in [3.63, 3.8) is 0 Å². The Morgan fingerprint density at radius 1 is 1.28 bits per heavy atom. The molecule has 0 aliphatic carbocycles. The molecule has 3 aromatic rings. The highest BCUT2D eigenvalue weighted by atomic mass is 16.6. The number of aromatic nitrogens is 2. The first-order valence-electron chi connectivity index (χ1n) is 7.24. The zero-order valence-electron chi connectivity index (χ0n) is 12.8. The largest absolute Gasteiger partial charge is 0.467 e. The van der Waals surface area contributed by atoms with E-state index in [1.54, 1.807) is 12.1 Å². The van der Waals surface area contributed by atoms with Gasteiger partial charge in [-0.3, -0.25) is 24.8 Å². The van der Waals surface area contributed by atoms with Crippen LogP contribution in [0.15, 0.2) is 41.0 Å². The molecule has 2 heterocycles. The third-order valence-corrected chi connectivity index (χ3v) is 3.42. The van der Waals surface area contributed by atoms with Gasteiger partial charge in [-0.05, 0) is 18.2 Å². The van der Waals surface area contributed by atoms with E-state index in [0.717, 1.165) is 0 Å². The summed E-state index contributed by atoms with van der Waals surface area (Å²) in [6.45, 7) is -0.0535. The van der Waals surface area contributed by atoms with Gasteiger partial charge in [-0.25, -0.2) is 0 Å². The van der Waals surface area contributed by atoms with E-state index >= 15 is 0 Å². The Kier molecular flexibility index (Phi) is 4.42. The van der Waals surface area contributed by atoms with Crippen LogP contribution in [0.2, 0.25) is 0 Å². The third-order valence-electron chi connectivity index (χ3n) is 3.42. The minimum absolute atomic E-state index is 0.0162. The van der Waals surface area contributed by atoms with Crippen molar-refractivity contribution in [1.82, 2.24) is 20.8 Å². The first-order chi connectivity index (χ1) is 12.0. The number of H-pyrrole nitrogens is 1. The summed E-state index contributed by atoms with van der Waals surface area (Å²) in [6.07, 6.45) is 1.49. The van der Waals surface area contributed by atoms with Gasteiger partial charge in [0, 0.05) is 17.5 Å². The number of nitro benzene ring substituents is 1. The summed E-state index contributed by atoms with van der Waals surface area (Å²) < 4.78 is 5.08. The summed E-state index contributed by atoms with van der Waals surface area (Å²) in [6, 6.07) is 7.44. The molecular formula is C15H13N5O5. The maximum atomic E-state index is 12.2. The quantitative estimate of drug-likeness (QED) is 0.452. The van der Waals surface area contributed by atoms with Crippen molar-refractivity contribution in [2.75, 3.05) is 6.54 Å². The van der Waals surface area contributed by atoms with Gasteiger partial charge in [-0.2, -0.15) is 5.10 Å². The lowest BCUT2D eigenvalue weighted by molar-refractivity contribution is -0.384. The fourth-order valence-corrected chi connectivity index (χ4v) is 2.19. The van der Waals surface area contributed by atoms with Gasteiger partial charge in [-0.1, -0.05) is 0 Å². The molecule has 0 atom stereocenters. The number of nitrogens with one attached hydrogen (secondary N) is 3. The van der Waals surface area contributed by atoms with Crippen LogP contribution in [-0.4, -0.2) is 33.5 Å². The Hall–Kier alpha value is -3.69. The first kappa shape index (κ1) is 16.2. The molecular weight excluding hydrogens is 330 g/mol. The van der Waals surface area contributed by atoms with E-state index in [4.69, 9.17) is 4.42 Å². The average molecular weight is 343 g/mol. The number of furan rings is 1. The third kappa shape index (κ3) is 3.63. The number of hydrogen-bond donors (Lipinski definition) is 3. The molecule has 0 spiro atoms. The second kappa shape index (κ2) is 6.83. The smallest absolute Gasteiger partial charge is 0.272 e. The molecule has 0 aliphatic rings. The summed E-state index contributed by atoms with van der Waals surface area (Å²) >= 11 is 0. The van der Waals surface area contributed by atoms with Crippen molar-refractivity contribution in [2.45, 2.75) is 6.54 Å². The highest BCUT2D eigenvalue weighted by molar-refractivity contribution is 6.06. The number of nitrogens with zero attached hydrogens (tertiary/aromatic N) is 2. The monoisotopic (exact) mass is 343 g/mol. The minimum atomic E-state index is -0.611. The second-order valence-corrected chi connectivity index (χ2v) is 5.10. The van der Waals surface area contributed by atoms with E-state index in [1.807, 2.05) is 0 Å². The number of hydrogen-bond acceptors (Lipinski definition) is 6. The molecule has 0 aliphatic heterocycles. The molecule has 0 saturated carbocycles. The Bertz CT molecular complexity index is 931.